The number of carbonyl (C=O) groups excluding carboxylic acids is 1. The monoisotopic (exact) mass is 230 g/mol. The van der Waals surface area contributed by atoms with E-state index < -0.39 is 0 Å². The second-order valence-electron chi connectivity index (χ2n) is 4.86. The van der Waals surface area contributed by atoms with Gasteiger partial charge in [-0.1, -0.05) is 20.1 Å². The Hall–Kier alpha value is -1.57. The van der Waals surface area contributed by atoms with Crippen LogP contribution in [0.1, 0.15) is 33.1 Å². The van der Waals surface area contributed by atoms with E-state index in [0.717, 1.165) is 41.7 Å². The molecule has 17 heavy (non-hydrogen) atoms. The van der Waals surface area contributed by atoms with E-state index in [9.17, 15) is 4.79 Å². The number of ether oxygens (including phenoxy) is 1. The summed E-state index contributed by atoms with van der Waals surface area (Å²) >= 11 is 0. The third-order valence-corrected chi connectivity index (χ3v) is 3.38. The van der Waals surface area contributed by atoms with E-state index in [-0.39, 0.29) is 5.78 Å². The van der Waals surface area contributed by atoms with Crippen LogP contribution in [-0.4, -0.2) is 5.78 Å². The summed E-state index contributed by atoms with van der Waals surface area (Å²) in [7, 11) is 0. The van der Waals surface area contributed by atoms with Gasteiger partial charge >= 0.3 is 0 Å². The van der Waals surface area contributed by atoms with Crippen LogP contribution in [-0.2, 0) is 9.53 Å². The highest BCUT2D eigenvalue weighted by Crippen LogP contribution is 2.36. The van der Waals surface area contributed by atoms with Gasteiger partial charge in [0.1, 0.15) is 11.5 Å². The van der Waals surface area contributed by atoms with Crippen molar-refractivity contribution in [2.24, 2.45) is 5.92 Å². The van der Waals surface area contributed by atoms with Crippen LogP contribution in [0, 0.1) is 5.92 Å². The van der Waals surface area contributed by atoms with Crippen LogP contribution >= 0.6 is 0 Å². The molecule has 0 fully saturated rings. The van der Waals surface area contributed by atoms with Gasteiger partial charge in [0.2, 0.25) is 0 Å². The highest BCUT2D eigenvalue weighted by Gasteiger charge is 2.28. The minimum Gasteiger partial charge on any atom is -0.461 e. The van der Waals surface area contributed by atoms with Gasteiger partial charge in [-0.3, -0.25) is 4.79 Å². The maximum Gasteiger partial charge on any atom is 0.185 e. The topological polar surface area (TPSA) is 26.3 Å². The lowest BCUT2D eigenvalue weighted by atomic mass is 9.87. The summed E-state index contributed by atoms with van der Waals surface area (Å²) < 4.78 is 5.81. The number of hydrogen-bond acceptors (Lipinski definition) is 2. The van der Waals surface area contributed by atoms with Gasteiger partial charge in [0, 0.05) is 17.1 Å². The van der Waals surface area contributed by atoms with Crippen molar-refractivity contribution < 1.29 is 9.53 Å². The fourth-order valence-electron chi connectivity index (χ4n) is 2.39. The second kappa shape index (κ2) is 4.36. The van der Waals surface area contributed by atoms with Gasteiger partial charge in [0.25, 0.3) is 0 Å². The van der Waals surface area contributed by atoms with E-state index in [1.807, 2.05) is 6.92 Å². The number of rotatable bonds is 1. The third-order valence-electron chi connectivity index (χ3n) is 3.38. The van der Waals surface area contributed by atoms with Gasteiger partial charge < -0.3 is 4.74 Å². The van der Waals surface area contributed by atoms with Crippen LogP contribution in [0.4, 0.5) is 0 Å². The lowest BCUT2D eigenvalue weighted by Crippen LogP contribution is -2.14. The first-order chi connectivity index (χ1) is 8.00. The first-order valence-electron chi connectivity index (χ1n) is 6.02. The molecule has 1 atom stereocenters. The van der Waals surface area contributed by atoms with Gasteiger partial charge in [-0.25, -0.2) is 0 Å². The Bertz CT molecular complexity index is 463. The van der Waals surface area contributed by atoms with E-state index in [1.165, 1.54) is 0 Å². The summed E-state index contributed by atoms with van der Waals surface area (Å²) in [6.07, 6.45) is 4.55. The highest BCUT2D eigenvalue weighted by atomic mass is 16.5. The Morgan fingerprint density at radius 1 is 1.53 bits per heavy atom. The number of ketones is 1. The van der Waals surface area contributed by atoms with Crippen LogP contribution < -0.4 is 0 Å². The zero-order valence-corrected chi connectivity index (χ0v) is 10.5. The van der Waals surface area contributed by atoms with Crippen LogP contribution in [0.15, 0.2) is 47.5 Å². The zero-order chi connectivity index (χ0) is 12.6. The second-order valence-corrected chi connectivity index (χ2v) is 4.86. The van der Waals surface area contributed by atoms with Crippen molar-refractivity contribution in [3.63, 3.8) is 0 Å². The molecule has 0 amide bonds. The molecule has 0 spiro atoms. The van der Waals surface area contributed by atoms with Crippen LogP contribution in [0.25, 0.3) is 0 Å². The molecule has 0 aromatic carbocycles. The lowest BCUT2D eigenvalue weighted by Gasteiger charge is -2.24. The Balaban J connectivity index is 2.45. The molecule has 0 radical (unpaired) electrons. The molecule has 2 heteroatoms. The van der Waals surface area contributed by atoms with Crippen molar-refractivity contribution in [1.82, 2.24) is 0 Å². The zero-order valence-electron chi connectivity index (χ0n) is 10.5. The predicted octanol–water partition coefficient (Wildman–Crippen LogP) is 3.68. The third kappa shape index (κ3) is 2.12. The molecule has 2 aliphatic rings. The van der Waals surface area contributed by atoms with Gasteiger partial charge in [0.15, 0.2) is 5.78 Å². The summed E-state index contributed by atoms with van der Waals surface area (Å²) in [5, 5.41) is 0. The molecule has 90 valence electrons. The predicted molar refractivity (Wildman–Crippen MR) is 68.2 cm³/mol. The molecule has 1 heterocycles. The molecule has 0 aromatic heterocycles. The normalized spacial score (nSPS) is 24.8. The summed E-state index contributed by atoms with van der Waals surface area (Å²) in [6, 6.07) is 0. The SMILES string of the molecule is C=C(C)C1=CC(=O)C2=C(OC1=C)[C@@H](C)CCC2. The molecule has 0 saturated carbocycles. The van der Waals surface area contributed by atoms with Crippen LogP contribution in [0.2, 0.25) is 0 Å². The number of hydrogen-bond donors (Lipinski definition) is 0. The van der Waals surface area contributed by atoms with Gasteiger partial charge in [-0.05, 0) is 37.8 Å². The molecular formula is C15H18O2. The largest absolute Gasteiger partial charge is 0.461 e. The molecule has 0 aromatic rings. The quantitative estimate of drug-likeness (QED) is 0.687. The van der Waals surface area contributed by atoms with Gasteiger partial charge in [-0.15, -0.1) is 0 Å². The van der Waals surface area contributed by atoms with Crippen molar-refractivity contribution in [3.8, 4) is 0 Å². The van der Waals surface area contributed by atoms with Crippen molar-refractivity contribution in [2.45, 2.75) is 33.1 Å². The van der Waals surface area contributed by atoms with Crippen molar-refractivity contribution in [3.05, 3.63) is 47.5 Å². The molecule has 0 saturated heterocycles. The fraction of sp³-hybridized carbons (Fsp3) is 0.400. The molecule has 0 N–H and O–H groups in total. The number of carbonyl (C=O) groups is 1. The van der Waals surface area contributed by atoms with E-state index in [1.54, 1.807) is 6.08 Å². The smallest absolute Gasteiger partial charge is 0.185 e. The fourth-order valence-corrected chi connectivity index (χ4v) is 2.39. The van der Waals surface area contributed by atoms with E-state index in [4.69, 9.17) is 4.74 Å². The maximum absolute atomic E-state index is 12.2. The van der Waals surface area contributed by atoms with Crippen molar-refractivity contribution in [1.29, 1.82) is 0 Å². The summed E-state index contributed by atoms with van der Waals surface area (Å²) in [6.45, 7) is 11.7. The Morgan fingerprint density at radius 2 is 2.24 bits per heavy atom. The molecule has 2 rings (SSSR count). The Morgan fingerprint density at radius 3 is 2.88 bits per heavy atom. The molecule has 1 aliphatic heterocycles. The minimum atomic E-state index is 0.0585. The molecule has 2 nitrogen and oxygen atoms in total. The van der Waals surface area contributed by atoms with E-state index in [2.05, 4.69) is 20.1 Å². The molecular weight excluding hydrogens is 212 g/mol. The average molecular weight is 230 g/mol. The van der Waals surface area contributed by atoms with E-state index in [0.29, 0.717) is 11.7 Å². The Labute approximate surface area is 102 Å². The van der Waals surface area contributed by atoms with Crippen LogP contribution in [0.3, 0.4) is 0 Å². The first kappa shape index (κ1) is 11.9. The lowest BCUT2D eigenvalue weighted by molar-refractivity contribution is -0.111. The molecule has 0 unspecified atom stereocenters. The van der Waals surface area contributed by atoms with Crippen molar-refractivity contribution in [2.75, 3.05) is 0 Å². The highest BCUT2D eigenvalue weighted by molar-refractivity contribution is 6.06. The molecule has 1 aliphatic carbocycles. The summed E-state index contributed by atoms with van der Waals surface area (Å²) in [5.41, 5.74) is 2.37. The standard InChI is InChI=1S/C15H18O2/c1-9(2)13-8-14(16)12-7-5-6-10(3)15(12)17-11(13)4/h8,10H,1,4-7H2,2-3H3/t10-/m0/s1. The maximum atomic E-state index is 12.2. The molecule has 0 bridgehead atoms. The van der Waals surface area contributed by atoms with Crippen LogP contribution in [0.5, 0.6) is 0 Å². The van der Waals surface area contributed by atoms with Gasteiger partial charge in [-0.2, -0.15) is 0 Å². The van der Waals surface area contributed by atoms with Gasteiger partial charge in [0.05, 0.1) is 0 Å². The summed E-state index contributed by atoms with van der Waals surface area (Å²) in [4.78, 5) is 12.2. The first-order valence-corrected chi connectivity index (χ1v) is 6.02. The average Bonchev–Trinajstić information content (AvgIpc) is 2.39. The summed E-state index contributed by atoms with van der Waals surface area (Å²) in [5.74, 6) is 1.73. The Kier molecular flexibility index (Phi) is 3.05. The number of allylic oxidation sites excluding steroid dienone is 4. The van der Waals surface area contributed by atoms with E-state index >= 15 is 0 Å². The van der Waals surface area contributed by atoms with Crippen molar-refractivity contribution >= 4 is 5.78 Å². The minimum absolute atomic E-state index is 0.0585.